The second kappa shape index (κ2) is 5.24. The highest BCUT2D eigenvalue weighted by atomic mass is 16.4. The van der Waals surface area contributed by atoms with Crippen LogP contribution in [0.25, 0.3) is 11.3 Å². The molecule has 0 bridgehead atoms. The summed E-state index contributed by atoms with van der Waals surface area (Å²) in [6.07, 6.45) is 1.90. The summed E-state index contributed by atoms with van der Waals surface area (Å²) in [6, 6.07) is 5.22. The normalized spacial score (nSPS) is 12.4. The molecule has 0 saturated heterocycles. The number of rotatable bonds is 4. The van der Waals surface area contributed by atoms with Crippen LogP contribution in [0, 0.1) is 13.8 Å². The molecule has 4 N–H and O–H groups in total. The smallest absolute Gasteiger partial charge is 0.320 e. The van der Waals surface area contributed by atoms with Crippen LogP contribution in [0.1, 0.15) is 17.0 Å². The summed E-state index contributed by atoms with van der Waals surface area (Å²) in [5.74, 6) is -0.436. The molecule has 2 aromatic rings. The molecule has 0 radical (unpaired) electrons. The Kier molecular flexibility index (Phi) is 3.66. The van der Waals surface area contributed by atoms with Gasteiger partial charge >= 0.3 is 5.97 Å². The Hall–Kier alpha value is -2.14. The minimum absolute atomic E-state index is 0.195. The van der Waals surface area contributed by atoms with Crippen LogP contribution in [0.15, 0.2) is 24.4 Å². The fourth-order valence-corrected chi connectivity index (χ4v) is 2.01. The van der Waals surface area contributed by atoms with Crippen LogP contribution < -0.4 is 5.73 Å². The molecule has 0 fully saturated rings. The van der Waals surface area contributed by atoms with Crippen molar-refractivity contribution in [2.45, 2.75) is 26.3 Å². The number of aromatic amines is 1. The van der Waals surface area contributed by atoms with Crippen molar-refractivity contribution in [1.29, 1.82) is 0 Å². The van der Waals surface area contributed by atoms with E-state index in [1.54, 1.807) is 6.20 Å². The third kappa shape index (κ3) is 3.00. The first-order valence-corrected chi connectivity index (χ1v) is 6.07. The summed E-state index contributed by atoms with van der Waals surface area (Å²) >= 11 is 0. The quantitative estimate of drug-likeness (QED) is 0.778. The molecule has 1 heterocycles. The Bertz CT molecular complexity index is 604. The van der Waals surface area contributed by atoms with E-state index in [4.69, 9.17) is 10.8 Å². The molecule has 0 spiro atoms. The predicted molar refractivity (Wildman–Crippen MR) is 72.8 cm³/mol. The molecule has 19 heavy (non-hydrogen) atoms. The van der Waals surface area contributed by atoms with E-state index >= 15 is 0 Å². The van der Waals surface area contributed by atoms with Crippen molar-refractivity contribution in [3.05, 3.63) is 41.3 Å². The SMILES string of the molecule is Cc1ccc(-c2cnc(CC(N)C(=O)O)[nH]2)c(C)c1. The maximum absolute atomic E-state index is 10.7. The number of imidazole rings is 1. The first kappa shape index (κ1) is 13.3. The zero-order valence-electron chi connectivity index (χ0n) is 11.0. The Labute approximate surface area is 111 Å². The van der Waals surface area contributed by atoms with E-state index in [-0.39, 0.29) is 6.42 Å². The van der Waals surface area contributed by atoms with Crippen LogP contribution in [0.3, 0.4) is 0 Å². The van der Waals surface area contributed by atoms with Crippen LogP contribution in [-0.2, 0) is 11.2 Å². The van der Waals surface area contributed by atoms with Crippen molar-refractivity contribution >= 4 is 5.97 Å². The lowest BCUT2D eigenvalue weighted by molar-refractivity contribution is -0.138. The number of aryl methyl sites for hydroxylation is 2. The number of hydrogen-bond acceptors (Lipinski definition) is 3. The van der Waals surface area contributed by atoms with Crippen molar-refractivity contribution in [3.8, 4) is 11.3 Å². The van der Waals surface area contributed by atoms with E-state index in [0.29, 0.717) is 5.82 Å². The highest BCUT2D eigenvalue weighted by Crippen LogP contribution is 2.22. The Morgan fingerprint density at radius 1 is 1.47 bits per heavy atom. The van der Waals surface area contributed by atoms with Gasteiger partial charge in [0, 0.05) is 12.0 Å². The third-order valence-corrected chi connectivity index (χ3v) is 3.03. The average molecular weight is 259 g/mol. The molecule has 1 aromatic heterocycles. The van der Waals surface area contributed by atoms with E-state index in [1.807, 2.05) is 26.0 Å². The highest BCUT2D eigenvalue weighted by molar-refractivity contribution is 5.73. The molecule has 5 heteroatoms. The molecular formula is C14H17N3O2. The Morgan fingerprint density at radius 2 is 2.21 bits per heavy atom. The summed E-state index contributed by atoms with van der Waals surface area (Å²) in [5.41, 5.74) is 9.78. The van der Waals surface area contributed by atoms with Crippen molar-refractivity contribution in [2.24, 2.45) is 5.73 Å². The average Bonchev–Trinajstić information content (AvgIpc) is 2.77. The van der Waals surface area contributed by atoms with E-state index in [1.165, 1.54) is 5.56 Å². The van der Waals surface area contributed by atoms with Gasteiger partial charge in [-0.2, -0.15) is 0 Å². The van der Waals surface area contributed by atoms with Gasteiger partial charge in [-0.15, -0.1) is 0 Å². The lowest BCUT2D eigenvalue weighted by Crippen LogP contribution is -2.32. The van der Waals surface area contributed by atoms with Crippen molar-refractivity contribution < 1.29 is 9.90 Å². The first-order valence-electron chi connectivity index (χ1n) is 6.07. The lowest BCUT2D eigenvalue weighted by Gasteiger charge is -2.05. The molecule has 0 amide bonds. The van der Waals surface area contributed by atoms with E-state index in [2.05, 4.69) is 16.0 Å². The number of aliphatic carboxylic acids is 1. The molecule has 1 aromatic carbocycles. The predicted octanol–water partition coefficient (Wildman–Crippen LogP) is 1.65. The van der Waals surface area contributed by atoms with Crippen LogP contribution in [0.5, 0.6) is 0 Å². The number of carboxylic acids is 1. The monoisotopic (exact) mass is 259 g/mol. The molecule has 0 saturated carbocycles. The van der Waals surface area contributed by atoms with Crippen molar-refractivity contribution in [3.63, 3.8) is 0 Å². The van der Waals surface area contributed by atoms with Crippen molar-refractivity contribution in [1.82, 2.24) is 9.97 Å². The van der Waals surface area contributed by atoms with Gasteiger partial charge in [0.25, 0.3) is 0 Å². The highest BCUT2D eigenvalue weighted by Gasteiger charge is 2.14. The van der Waals surface area contributed by atoms with Crippen molar-refractivity contribution in [2.75, 3.05) is 0 Å². The number of nitrogens with zero attached hydrogens (tertiary/aromatic N) is 1. The number of carboxylic acid groups (broad SMARTS) is 1. The number of benzene rings is 1. The number of carbonyl (C=O) groups is 1. The Morgan fingerprint density at radius 3 is 2.84 bits per heavy atom. The second-order valence-electron chi connectivity index (χ2n) is 4.71. The zero-order chi connectivity index (χ0) is 14.0. The molecule has 2 rings (SSSR count). The number of nitrogens with two attached hydrogens (primary N) is 1. The van der Waals surface area contributed by atoms with Gasteiger partial charge in [0.05, 0.1) is 11.9 Å². The molecule has 0 aliphatic heterocycles. The van der Waals surface area contributed by atoms with Crippen LogP contribution in [0.2, 0.25) is 0 Å². The summed E-state index contributed by atoms with van der Waals surface area (Å²) in [6.45, 7) is 4.08. The van der Waals surface area contributed by atoms with Gasteiger partial charge in [-0.05, 0) is 19.4 Å². The van der Waals surface area contributed by atoms with Gasteiger partial charge in [0.1, 0.15) is 11.9 Å². The number of H-pyrrole nitrogens is 1. The minimum Gasteiger partial charge on any atom is -0.480 e. The van der Waals surface area contributed by atoms with Crippen LogP contribution in [0.4, 0.5) is 0 Å². The standard InChI is InChI=1S/C14H17N3O2/c1-8-3-4-10(9(2)5-8)12-7-16-13(17-12)6-11(15)14(18)19/h3-5,7,11H,6,15H2,1-2H3,(H,16,17)(H,18,19). The minimum atomic E-state index is -1.02. The topological polar surface area (TPSA) is 92.0 Å². The summed E-state index contributed by atoms with van der Waals surface area (Å²) in [7, 11) is 0. The first-order chi connectivity index (χ1) is 8.97. The fraction of sp³-hybridized carbons (Fsp3) is 0.286. The maximum Gasteiger partial charge on any atom is 0.320 e. The van der Waals surface area contributed by atoms with Gasteiger partial charge in [-0.25, -0.2) is 4.98 Å². The van der Waals surface area contributed by atoms with Gasteiger partial charge in [-0.3, -0.25) is 4.79 Å². The Balaban J connectivity index is 2.23. The van der Waals surface area contributed by atoms with Crippen LogP contribution >= 0.6 is 0 Å². The number of aromatic nitrogens is 2. The van der Waals surface area contributed by atoms with Gasteiger partial charge in [0.2, 0.25) is 0 Å². The molecular weight excluding hydrogens is 242 g/mol. The zero-order valence-corrected chi connectivity index (χ0v) is 11.0. The van der Waals surface area contributed by atoms with E-state index < -0.39 is 12.0 Å². The van der Waals surface area contributed by atoms with E-state index in [0.717, 1.165) is 16.8 Å². The summed E-state index contributed by atoms with van der Waals surface area (Å²) in [5, 5.41) is 8.78. The van der Waals surface area contributed by atoms with Gasteiger partial charge < -0.3 is 15.8 Å². The molecule has 0 aliphatic rings. The second-order valence-corrected chi connectivity index (χ2v) is 4.71. The summed E-state index contributed by atoms with van der Waals surface area (Å²) in [4.78, 5) is 18.0. The lowest BCUT2D eigenvalue weighted by atomic mass is 10.0. The molecule has 1 unspecified atom stereocenters. The van der Waals surface area contributed by atoms with E-state index in [9.17, 15) is 4.79 Å². The third-order valence-electron chi connectivity index (χ3n) is 3.03. The largest absolute Gasteiger partial charge is 0.480 e. The number of nitrogens with one attached hydrogen (secondary N) is 1. The summed E-state index contributed by atoms with van der Waals surface area (Å²) < 4.78 is 0. The number of hydrogen-bond donors (Lipinski definition) is 3. The maximum atomic E-state index is 10.7. The molecule has 0 aliphatic carbocycles. The molecule has 100 valence electrons. The van der Waals surface area contributed by atoms with Crippen LogP contribution in [-0.4, -0.2) is 27.1 Å². The fourth-order valence-electron chi connectivity index (χ4n) is 2.01. The van der Waals surface area contributed by atoms with Gasteiger partial charge in [-0.1, -0.05) is 23.8 Å². The van der Waals surface area contributed by atoms with Gasteiger partial charge in [0.15, 0.2) is 0 Å². The molecule has 5 nitrogen and oxygen atoms in total. The molecule has 1 atom stereocenters.